The highest BCUT2D eigenvalue weighted by atomic mass is 16.4. The van der Waals surface area contributed by atoms with Crippen molar-refractivity contribution in [1.29, 1.82) is 0 Å². The highest BCUT2D eigenvalue weighted by Gasteiger charge is 2.26. The predicted octanol–water partition coefficient (Wildman–Crippen LogP) is 0.343. The number of hydrogen-bond donors (Lipinski definition) is 1. The minimum absolute atomic E-state index is 0.245. The van der Waals surface area contributed by atoms with Crippen molar-refractivity contribution in [1.82, 2.24) is 9.80 Å². The Hall–Kier alpha value is -0.610. The molecule has 0 bridgehead atoms. The number of aliphatic carboxylic acids is 1. The van der Waals surface area contributed by atoms with Crippen molar-refractivity contribution in [2.45, 2.75) is 19.9 Å². The fourth-order valence-corrected chi connectivity index (χ4v) is 1.82. The lowest BCUT2D eigenvalue weighted by Crippen LogP contribution is -2.38. The fraction of sp³-hybridized carbons (Fsp3) is 0.900. The molecule has 14 heavy (non-hydrogen) atoms. The summed E-state index contributed by atoms with van der Waals surface area (Å²) < 4.78 is 0. The van der Waals surface area contributed by atoms with E-state index in [1.807, 2.05) is 7.05 Å². The third-order valence-electron chi connectivity index (χ3n) is 2.84. The molecule has 0 spiro atoms. The summed E-state index contributed by atoms with van der Waals surface area (Å²) in [4.78, 5) is 15.3. The van der Waals surface area contributed by atoms with Crippen LogP contribution < -0.4 is 0 Å². The van der Waals surface area contributed by atoms with Gasteiger partial charge in [0.25, 0.3) is 0 Å². The maximum atomic E-state index is 11.0. The Morgan fingerprint density at radius 1 is 1.36 bits per heavy atom. The van der Waals surface area contributed by atoms with Gasteiger partial charge in [0.05, 0.1) is 5.92 Å². The first-order chi connectivity index (χ1) is 6.50. The second-order valence-corrected chi connectivity index (χ2v) is 4.39. The van der Waals surface area contributed by atoms with Gasteiger partial charge in [0.1, 0.15) is 0 Å². The standard InChI is InChI=1S/C10H20N2O2/c1-8(2)12-5-4-11(3)6-9(7-12)10(13)14/h8-9H,4-7H2,1-3H3,(H,13,14). The Morgan fingerprint density at radius 3 is 2.50 bits per heavy atom. The minimum atomic E-state index is -0.676. The molecule has 82 valence electrons. The largest absolute Gasteiger partial charge is 0.481 e. The van der Waals surface area contributed by atoms with Crippen LogP contribution in [0.15, 0.2) is 0 Å². The summed E-state index contributed by atoms with van der Waals surface area (Å²) in [6.07, 6.45) is 0. The first-order valence-electron chi connectivity index (χ1n) is 5.16. The van der Waals surface area contributed by atoms with Crippen LogP contribution in [0.25, 0.3) is 0 Å². The second-order valence-electron chi connectivity index (χ2n) is 4.39. The first-order valence-corrected chi connectivity index (χ1v) is 5.16. The fourth-order valence-electron chi connectivity index (χ4n) is 1.82. The molecule has 0 aromatic rings. The molecule has 0 aromatic heterocycles. The molecule has 1 aliphatic heterocycles. The second kappa shape index (κ2) is 4.75. The van der Waals surface area contributed by atoms with Gasteiger partial charge in [-0.15, -0.1) is 0 Å². The Morgan fingerprint density at radius 2 is 2.00 bits per heavy atom. The number of hydrogen-bond acceptors (Lipinski definition) is 3. The lowest BCUT2D eigenvalue weighted by atomic mass is 10.1. The van der Waals surface area contributed by atoms with E-state index in [1.54, 1.807) is 0 Å². The van der Waals surface area contributed by atoms with Gasteiger partial charge in [0, 0.05) is 32.2 Å². The van der Waals surface area contributed by atoms with Crippen molar-refractivity contribution in [3.8, 4) is 0 Å². The summed E-state index contributed by atoms with van der Waals surface area (Å²) in [5.74, 6) is -0.922. The van der Waals surface area contributed by atoms with E-state index in [9.17, 15) is 4.79 Å². The van der Waals surface area contributed by atoms with E-state index in [1.165, 1.54) is 0 Å². The van der Waals surface area contributed by atoms with Gasteiger partial charge in [0.15, 0.2) is 0 Å². The number of carboxylic acid groups (broad SMARTS) is 1. The molecule has 1 fully saturated rings. The molecule has 1 heterocycles. The molecule has 1 rings (SSSR count). The van der Waals surface area contributed by atoms with Crippen LogP contribution in [-0.2, 0) is 4.79 Å². The minimum Gasteiger partial charge on any atom is -0.481 e. The summed E-state index contributed by atoms with van der Waals surface area (Å²) in [6.45, 7) is 7.50. The highest BCUT2D eigenvalue weighted by Crippen LogP contribution is 2.11. The Kier molecular flexibility index (Phi) is 3.89. The zero-order chi connectivity index (χ0) is 10.7. The molecule has 4 heteroatoms. The van der Waals surface area contributed by atoms with Crippen LogP contribution in [-0.4, -0.2) is 60.1 Å². The maximum Gasteiger partial charge on any atom is 0.309 e. The SMILES string of the molecule is CC(C)N1CCN(C)CC(C(=O)O)C1. The maximum absolute atomic E-state index is 11.0. The summed E-state index contributed by atoms with van der Waals surface area (Å²) in [5.41, 5.74) is 0. The number of likely N-dealkylation sites (N-methyl/N-ethyl adjacent to an activating group) is 1. The van der Waals surface area contributed by atoms with Gasteiger partial charge in [-0.3, -0.25) is 9.69 Å². The van der Waals surface area contributed by atoms with E-state index >= 15 is 0 Å². The van der Waals surface area contributed by atoms with E-state index in [0.717, 1.165) is 13.1 Å². The summed E-state index contributed by atoms with van der Waals surface area (Å²) in [6, 6.07) is 0.434. The van der Waals surface area contributed by atoms with Gasteiger partial charge in [-0.1, -0.05) is 0 Å². The average Bonchev–Trinajstić information content (AvgIpc) is 2.26. The van der Waals surface area contributed by atoms with Crippen molar-refractivity contribution in [3.05, 3.63) is 0 Å². The Labute approximate surface area is 85.5 Å². The van der Waals surface area contributed by atoms with Gasteiger partial charge in [0.2, 0.25) is 0 Å². The summed E-state index contributed by atoms with van der Waals surface area (Å²) >= 11 is 0. The summed E-state index contributed by atoms with van der Waals surface area (Å²) in [7, 11) is 1.99. The van der Waals surface area contributed by atoms with E-state index in [-0.39, 0.29) is 5.92 Å². The third-order valence-corrected chi connectivity index (χ3v) is 2.84. The van der Waals surface area contributed by atoms with Crippen molar-refractivity contribution in [2.24, 2.45) is 5.92 Å². The molecule has 1 saturated heterocycles. The molecule has 4 nitrogen and oxygen atoms in total. The molecular formula is C10H20N2O2. The number of carbonyl (C=O) groups is 1. The summed E-state index contributed by atoms with van der Waals surface area (Å²) in [5, 5.41) is 9.03. The average molecular weight is 200 g/mol. The van der Waals surface area contributed by atoms with Crippen molar-refractivity contribution < 1.29 is 9.90 Å². The number of nitrogens with zero attached hydrogens (tertiary/aromatic N) is 2. The van der Waals surface area contributed by atoms with E-state index in [2.05, 4.69) is 23.6 Å². The number of carboxylic acids is 1. The van der Waals surface area contributed by atoms with E-state index in [4.69, 9.17) is 5.11 Å². The van der Waals surface area contributed by atoms with Gasteiger partial charge >= 0.3 is 5.97 Å². The van der Waals surface area contributed by atoms with Gasteiger partial charge in [-0.25, -0.2) is 0 Å². The molecule has 1 aliphatic rings. The third kappa shape index (κ3) is 2.96. The molecule has 0 aliphatic carbocycles. The first kappa shape index (κ1) is 11.5. The molecule has 0 radical (unpaired) electrons. The van der Waals surface area contributed by atoms with Crippen molar-refractivity contribution in [2.75, 3.05) is 33.2 Å². The Bertz CT molecular complexity index is 206. The molecule has 1 atom stereocenters. The molecule has 0 aromatic carbocycles. The van der Waals surface area contributed by atoms with Gasteiger partial charge in [-0.2, -0.15) is 0 Å². The molecule has 0 amide bonds. The van der Waals surface area contributed by atoms with Crippen LogP contribution in [0.3, 0.4) is 0 Å². The van der Waals surface area contributed by atoms with Crippen molar-refractivity contribution in [3.63, 3.8) is 0 Å². The van der Waals surface area contributed by atoms with Crippen LogP contribution in [0.4, 0.5) is 0 Å². The Balaban J connectivity index is 2.63. The smallest absolute Gasteiger partial charge is 0.309 e. The monoisotopic (exact) mass is 200 g/mol. The number of rotatable bonds is 2. The normalized spacial score (nSPS) is 26.4. The van der Waals surface area contributed by atoms with Gasteiger partial charge in [-0.05, 0) is 20.9 Å². The highest BCUT2D eigenvalue weighted by molar-refractivity contribution is 5.70. The van der Waals surface area contributed by atoms with E-state index < -0.39 is 5.97 Å². The van der Waals surface area contributed by atoms with Crippen LogP contribution in [0, 0.1) is 5.92 Å². The van der Waals surface area contributed by atoms with Crippen LogP contribution in [0.1, 0.15) is 13.8 Å². The lowest BCUT2D eigenvalue weighted by molar-refractivity contribution is -0.142. The molecular weight excluding hydrogens is 180 g/mol. The zero-order valence-electron chi connectivity index (χ0n) is 9.23. The van der Waals surface area contributed by atoms with Crippen LogP contribution in [0.5, 0.6) is 0 Å². The lowest BCUT2D eigenvalue weighted by Gasteiger charge is -2.25. The predicted molar refractivity (Wildman–Crippen MR) is 55.3 cm³/mol. The van der Waals surface area contributed by atoms with Crippen LogP contribution >= 0.6 is 0 Å². The van der Waals surface area contributed by atoms with Crippen molar-refractivity contribution >= 4 is 5.97 Å². The molecule has 0 saturated carbocycles. The quantitative estimate of drug-likeness (QED) is 0.698. The van der Waals surface area contributed by atoms with Gasteiger partial charge < -0.3 is 10.0 Å². The molecule has 1 unspecified atom stereocenters. The van der Waals surface area contributed by atoms with E-state index in [0.29, 0.717) is 19.1 Å². The zero-order valence-corrected chi connectivity index (χ0v) is 9.23. The molecule has 1 N–H and O–H groups in total. The topological polar surface area (TPSA) is 43.8 Å². The van der Waals surface area contributed by atoms with Crippen LogP contribution in [0.2, 0.25) is 0 Å².